The Bertz CT molecular complexity index is 479. The Labute approximate surface area is 112 Å². The third-order valence-corrected chi connectivity index (χ3v) is 4.02. The average molecular weight is 265 g/mol. The molecule has 1 unspecified atom stereocenters. The van der Waals surface area contributed by atoms with E-state index in [0.29, 0.717) is 23.4 Å². The lowest BCUT2D eigenvalue weighted by Gasteiger charge is -2.19. The molecule has 1 fully saturated rings. The van der Waals surface area contributed by atoms with Crippen molar-refractivity contribution in [3.8, 4) is 0 Å². The van der Waals surface area contributed by atoms with Gasteiger partial charge >= 0.3 is 0 Å². The maximum Gasteiger partial charge on any atom is 0.163 e. The lowest BCUT2D eigenvalue weighted by molar-refractivity contribution is -0.124. The third-order valence-electron chi connectivity index (χ3n) is 3.59. The van der Waals surface area contributed by atoms with Crippen LogP contribution in [0.5, 0.6) is 0 Å². The van der Waals surface area contributed by atoms with Gasteiger partial charge in [-0.15, -0.1) is 0 Å². The summed E-state index contributed by atoms with van der Waals surface area (Å²) >= 11 is 5.93. The minimum Gasteiger partial charge on any atom is -0.299 e. The first-order chi connectivity index (χ1) is 8.58. The van der Waals surface area contributed by atoms with Crippen LogP contribution in [0, 0.1) is 12.8 Å². The van der Waals surface area contributed by atoms with Crippen molar-refractivity contribution < 1.29 is 9.59 Å². The summed E-state index contributed by atoms with van der Waals surface area (Å²) < 4.78 is 0. The number of carbonyl (C=O) groups is 2. The van der Waals surface area contributed by atoms with Crippen molar-refractivity contribution >= 4 is 23.2 Å². The molecule has 96 valence electrons. The van der Waals surface area contributed by atoms with E-state index in [1.165, 1.54) is 0 Å². The normalized spacial score (nSPS) is 19.9. The van der Waals surface area contributed by atoms with Crippen molar-refractivity contribution in [2.75, 3.05) is 0 Å². The van der Waals surface area contributed by atoms with Gasteiger partial charge in [0.25, 0.3) is 0 Å². The van der Waals surface area contributed by atoms with Crippen molar-refractivity contribution in [3.63, 3.8) is 0 Å². The van der Waals surface area contributed by atoms with Crippen molar-refractivity contribution in [2.24, 2.45) is 5.92 Å². The van der Waals surface area contributed by atoms with Crippen LogP contribution in [0.15, 0.2) is 18.2 Å². The molecule has 1 saturated carbocycles. The summed E-state index contributed by atoms with van der Waals surface area (Å²) in [6.45, 7) is 1.88. The molecule has 0 bridgehead atoms. The molecule has 2 rings (SSSR count). The zero-order chi connectivity index (χ0) is 13.1. The van der Waals surface area contributed by atoms with Crippen LogP contribution in [-0.4, -0.2) is 11.6 Å². The van der Waals surface area contributed by atoms with Gasteiger partial charge in [-0.3, -0.25) is 9.59 Å². The number of Topliss-reactive ketones (excluding diaryl/α,β-unsaturated/α-hetero) is 2. The Morgan fingerprint density at radius 2 is 2.17 bits per heavy atom. The van der Waals surface area contributed by atoms with E-state index in [1.807, 2.05) is 6.92 Å². The molecule has 18 heavy (non-hydrogen) atoms. The Balaban J connectivity index is 2.07. The number of carbonyl (C=O) groups excluding carboxylic acids is 2. The van der Waals surface area contributed by atoms with Gasteiger partial charge < -0.3 is 0 Å². The topological polar surface area (TPSA) is 34.1 Å². The highest BCUT2D eigenvalue weighted by Crippen LogP contribution is 2.25. The van der Waals surface area contributed by atoms with Crippen LogP contribution in [0.2, 0.25) is 5.02 Å². The number of ketones is 2. The van der Waals surface area contributed by atoms with Gasteiger partial charge in [-0.25, -0.2) is 0 Å². The number of aryl methyl sites for hydroxylation is 1. The van der Waals surface area contributed by atoms with Gasteiger partial charge in [-0.05, 0) is 43.5 Å². The fourth-order valence-electron chi connectivity index (χ4n) is 2.43. The van der Waals surface area contributed by atoms with Crippen molar-refractivity contribution in [1.29, 1.82) is 0 Å². The molecule has 0 N–H and O–H groups in total. The molecule has 0 aromatic heterocycles. The maximum atomic E-state index is 12.1. The minimum absolute atomic E-state index is 0.0509. The Morgan fingerprint density at radius 3 is 2.83 bits per heavy atom. The molecule has 3 heteroatoms. The molecule has 1 aliphatic rings. The van der Waals surface area contributed by atoms with E-state index in [-0.39, 0.29) is 17.5 Å². The van der Waals surface area contributed by atoms with Gasteiger partial charge in [-0.1, -0.05) is 18.0 Å². The van der Waals surface area contributed by atoms with Crippen LogP contribution in [-0.2, 0) is 4.79 Å². The number of benzene rings is 1. The number of halogens is 1. The fourth-order valence-corrected chi connectivity index (χ4v) is 2.55. The molecule has 1 atom stereocenters. The molecule has 0 amide bonds. The van der Waals surface area contributed by atoms with Gasteiger partial charge in [0.05, 0.1) is 0 Å². The predicted octanol–water partition coefficient (Wildman–Crippen LogP) is 3.98. The monoisotopic (exact) mass is 264 g/mol. The predicted molar refractivity (Wildman–Crippen MR) is 72.1 cm³/mol. The first-order valence-corrected chi connectivity index (χ1v) is 6.78. The van der Waals surface area contributed by atoms with Crippen LogP contribution in [0.3, 0.4) is 0 Å². The molecule has 0 heterocycles. The summed E-state index contributed by atoms with van der Waals surface area (Å²) in [5.41, 5.74) is 1.56. The van der Waals surface area contributed by atoms with Crippen LogP contribution in [0.4, 0.5) is 0 Å². The van der Waals surface area contributed by atoms with E-state index in [0.717, 1.165) is 24.8 Å². The molecule has 2 nitrogen and oxygen atoms in total. The Kier molecular flexibility index (Phi) is 4.18. The quantitative estimate of drug-likeness (QED) is 0.774. The summed E-state index contributed by atoms with van der Waals surface area (Å²) in [5.74, 6) is 0.234. The van der Waals surface area contributed by atoms with E-state index >= 15 is 0 Å². The second-order valence-corrected chi connectivity index (χ2v) is 5.41. The summed E-state index contributed by atoms with van der Waals surface area (Å²) in [4.78, 5) is 23.8. The van der Waals surface area contributed by atoms with Crippen LogP contribution in [0.1, 0.15) is 48.0 Å². The molecule has 0 radical (unpaired) electrons. The molecule has 0 aliphatic heterocycles. The average Bonchev–Trinajstić information content (AvgIpc) is 2.35. The molecule has 0 saturated heterocycles. The first-order valence-electron chi connectivity index (χ1n) is 6.40. The third kappa shape index (κ3) is 2.99. The lowest BCUT2D eigenvalue weighted by atomic mass is 9.83. The Morgan fingerprint density at radius 1 is 1.39 bits per heavy atom. The van der Waals surface area contributed by atoms with Crippen molar-refractivity contribution in [3.05, 3.63) is 34.3 Å². The van der Waals surface area contributed by atoms with Gasteiger partial charge in [-0.2, -0.15) is 0 Å². The van der Waals surface area contributed by atoms with E-state index in [4.69, 9.17) is 11.6 Å². The number of hydrogen-bond donors (Lipinski definition) is 0. The van der Waals surface area contributed by atoms with Crippen LogP contribution >= 0.6 is 11.6 Å². The molecule has 1 aliphatic carbocycles. The largest absolute Gasteiger partial charge is 0.299 e. The first kappa shape index (κ1) is 13.3. The van der Waals surface area contributed by atoms with Gasteiger partial charge in [0.2, 0.25) is 0 Å². The lowest BCUT2D eigenvalue weighted by Crippen LogP contribution is -2.22. The van der Waals surface area contributed by atoms with Crippen molar-refractivity contribution in [1.82, 2.24) is 0 Å². The van der Waals surface area contributed by atoms with Gasteiger partial charge in [0, 0.05) is 29.3 Å². The fraction of sp³-hybridized carbons (Fsp3) is 0.467. The second kappa shape index (κ2) is 5.66. The summed E-state index contributed by atoms with van der Waals surface area (Å²) in [6, 6.07) is 5.29. The molecular weight excluding hydrogens is 248 g/mol. The zero-order valence-corrected chi connectivity index (χ0v) is 11.3. The SMILES string of the molecule is Cc1cc(C(=O)CC2CCCCC2=O)ccc1Cl. The highest BCUT2D eigenvalue weighted by Gasteiger charge is 2.25. The zero-order valence-electron chi connectivity index (χ0n) is 10.5. The van der Waals surface area contributed by atoms with Crippen LogP contribution in [0.25, 0.3) is 0 Å². The summed E-state index contributed by atoms with van der Waals surface area (Å²) in [5, 5.41) is 0.667. The van der Waals surface area contributed by atoms with Crippen LogP contribution < -0.4 is 0 Å². The molecule has 1 aromatic carbocycles. The maximum absolute atomic E-state index is 12.1. The standard InChI is InChI=1S/C15H17ClO2/c1-10-8-12(6-7-13(10)16)15(18)9-11-4-2-3-5-14(11)17/h6-8,11H,2-5,9H2,1H3. The van der Waals surface area contributed by atoms with Crippen molar-refractivity contribution in [2.45, 2.75) is 39.0 Å². The highest BCUT2D eigenvalue weighted by molar-refractivity contribution is 6.31. The molecule has 0 spiro atoms. The molecule has 1 aromatic rings. The summed E-state index contributed by atoms with van der Waals surface area (Å²) in [7, 11) is 0. The Hall–Kier alpha value is -1.15. The number of hydrogen-bond acceptors (Lipinski definition) is 2. The second-order valence-electron chi connectivity index (χ2n) is 5.00. The van der Waals surface area contributed by atoms with Gasteiger partial charge in [0.15, 0.2) is 5.78 Å². The smallest absolute Gasteiger partial charge is 0.163 e. The van der Waals surface area contributed by atoms with E-state index in [2.05, 4.69) is 0 Å². The highest BCUT2D eigenvalue weighted by atomic mass is 35.5. The van der Waals surface area contributed by atoms with E-state index < -0.39 is 0 Å². The molecular formula is C15H17ClO2. The van der Waals surface area contributed by atoms with E-state index in [9.17, 15) is 9.59 Å². The number of rotatable bonds is 3. The van der Waals surface area contributed by atoms with E-state index in [1.54, 1.807) is 18.2 Å². The summed E-state index contributed by atoms with van der Waals surface area (Å²) in [6.07, 6.45) is 3.88. The minimum atomic E-state index is -0.0674. The van der Waals surface area contributed by atoms with Gasteiger partial charge in [0.1, 0.15) is 5.78 Å².